The van der Waals surface area contributed by atoms with E-state index in [1.807, 2.05) is 29.6 Å². The molecule has 0 aliphatic rings. The molecule has 0 atom stereocenters. The first-order valence-corrected chi connectivity index (χ1v) is 10.9. The van der Waals surface area contributed by atoms with E-state index in [4.69, 9.17) is 10.1 Å². The third kappa shape index (κ3) is 3.20. The fraction of sp³-hybridized carbons (Fsp3) is 0. The minimum absolute atomic E-state index is 0.0324. The summed E-state index contributed by atoms with van der Waals surface area (Å²) in [5.41, 5.74) is 2.15. The van der Waals surface area contributed by atoms with Crippen molar-refractivity contribution < 1.29 is 8.42 Å². The second-order valence-corrected chi connectivity index (χ2v) is 8.78. The Balaban J connectivity index is 1.65. The number of hydrogen-bond acceptors (Lipinski definition) is 8. The van der Waals surface area contributed by atoms with E-state index in [2.05, 4.69) is 25.9 Å². The smallest absolute Gasteiger partial charge is 0.238 e. The topological polar surface area (TPSA) is 140 Å². The van der Waals surface area contributed by atoms with Gasteiger partial charge < -0.3 is 5.32 Å². The lowest BCUT2D eigenvalue weighted by atomic mass is 10.1. The summed E-state index contributed by atoms with van der Waals surface area (Å²) in [4.78, 5) is 4.80. The van der Waals surface area contributed by atoms with Crippen molar-refractivity contribution in [2.24, 2.45) is 5.14 Å². The number of aromatic amines is 1. The van der Waals surface area contributed by atoms with Gasteiger partial charge in [-0.3, -0.25) is 0 Å². The van der Waals surface area contributed by atoms with Crippen LogP contribution >= 0.6 is 11.3 Å². The van der Waals surface area contributed by atoms with Crippen LogP contribution in [0.25, 0.3) is 32.4 Å². The highest BCUT2D eigenvalue weighted by Crippen LogP contribution is 2.36. The van der Waals surface area contributed by atoms with Crippen molar-refractivity contribution in [1.82, 2.24) is 25.6 Å². The molecule has 3 heterocycles. The summed E-state index contributed by atoms with van der Waals surface area (Å²) >= 11 is 1.61. The van der Waals surface area contributed by atoms with Gasteiger partial charge in [0.15, 0.2) is 5.82 Å². The number of H-pyrrole nitrogens is 1. The Morgan fingerprint density at radius 2 is 1.97 bits per heavy atom. The van der Waals surface area contributed by atoms with Crippen molar-refractivity contribution in [3.63, 3.8) is 0 Å². The van der Waals surface area contributed by atoms with Crippen molar-refractivity contribution in [2.45, 2.75) is 4.90 Å². The van der Waals surface area contributed by atoms with Crippen LogP contribution in [0.1, 0.15) is 0 Å². The first kappa shape index (κ1) is 17.7. The second kappa shape index (κ2) is 6.58. The molecule has 3 aromatic heterocycles. The molecule has 0 fully saturated rings. The van der Waals surface area contributed by atoms with Crippen LogP contribution < -0.4 is 10.5 Å². The highest BCUT2D eigenvalue weighted by atomic mass is 32.2. The van der Waals surface area contributed by atoms with Crippen LogP contribution in [0.3, 0.4) is 0 Å². The Bertz CT molecular complexity index is 1460. The Morgan fingerprint density at radius 3 is 2.76 bits per heavy atom. The van der Waals surface area contributed by atoms with Crippen LogP contribution in [0, 0.1) is 0 Å². The molecule has 0 aliphatic carbocycles. The zero-order chi connectivity index (χ0) is 20.0. The van der Waals surface area contributed by atoms with Crippen molar-refractivity contribution in [1.29, 1.82) is 0 Å². The highest BCUT2D eigenvalue weighted by Gasteiger charge is 2.13. The maximum atomic E-state index is 11.7. The normalized spacial score (nSPS) is 11.9. The third-order valence-electron chi connectivity index (χ3n) is 4.44. The Labute approximate surface area is 168 Å². The zero-order valence-electron chi connectivity index (χ0n) is 14.7. The Kier molecular flexibility index (Phi) is 4.01. The number of hydrogen-bond donors (Lipinski definition) is 3. The van der Waals surface area contributed by atoms with E-state index in [9.17, 15) is 8.42 Å². The number of tetrazole rings is 1. The number of aromatic nitrogens is 5. The molecule has 0 radical (unpaired) electrons. The molecule has 5 aromatic rings. The maximum Gasteiger partial charge on any atom is 0.238 e. The van der Waals surface area contributed by atoms with Gasteiger partial charge in [0.05, 0.1) is 10.4 Å². The van der Waals surface area contributed by atoms with Gasteiger partial charge in [0.2, 0.25) is 10.0 Å². The number of pyridine rings is 1. The summed E-state index contributed by atoms with van der Waals surface area (Å²) in [5.74, 6) is 1.17. The number of anilines is 2. The monoisotopic (exact) mass is 423 g/mol. The minimum Gasteiger partial charge on any atom is -0.340 e. The van der Waals surface area contributed by atoms with Crippen molar-refractivity contribution in [3.05, 3.63) is 53.9 Å². The van der Waals surface area contributed by atoms with Crippen LogP contribution in [0.2, 0.25) is 0 Å². The fourth-order valence-electron chi connectivity index (χ4n) is 3.11. The van der Waals surface area contributed by atoms with Gasteiger partial charge >= 0.3 is 0 Å². The van der Waals surface area contributed by atoms with Crippen LogP contribution in [0.4, 0.5) is 11.5 Å². The molecular weight excluding hydrogens is 410 g/mol. The molecule has 0 saturated carbocycles. The molecule has 2 aromatic carbocycles. The molecule has 29 heavy (non-hydrogen) atoms. The van der Waals surface area contributed by atoms with E-state index < -0.39 is 10.0 Å². The van der Waals surface area contributed by atoms with E-state index in [0.717, 1.165) is 26.6 Å². The van der Waals surface area contributed by atoms with Gasteiger partial charge in [-0.05, 0) is 46.1 Å². The predicted molar refractivity (Wildman–Crippen MR) is 111 cm³/mol. The van der Waals surface area contributed by atoms with Gasteiger partial charge in [-0.2, -0.15) is 0 Å². The lowest BCUT2D eigenvalue weighted by Gasteiger charge is -2.11. The minimum atomic E-state index is -3.80. The molecule has 5 rings (SSSR count). The van der Waals surface area contributed by atoms with Gasteiger partial charge in [-0.1, -0.05) is 18.2 Å². The standard InChI is InChI=1S/C18H13N7O2S2/c19-29(26,27)12-3-1-2-11(9-12)20-18-14-6-7-28-16(14)13-5-4-10(8-15(13)21-18)17-22-24-25-23-17/h1-9H,(H,20,21)(H2,19,26,27)(H,22,23,24,25). The number of benzene rings is 2. The van der Waals surface area contributed by atoms with E-state index in [-0.39, 0.29) is 4.90 Å². The maximum absolute atomic E-state index is 11.7. The van der Waals surface area contributed by atoms with Crippen LogP contribution in [0.15, 0.2) is 58.8 Å². The summed E-state index contributed by atoms with van der Waals surface area (Å²) < 4.78 is 24.4. The fourth-order valence-corrected chi connectivity index (χ4v) is 4.60. The number of nitrogens with two attached hydrogens (primary N) is 1. The molecule has 144 valence electrons. The summed E-state index contributed by atoms with van der Waals surface area (Å²) in [5, 5.41) is 26.3. The number of nitrogens with zero attached hydrogens (tertiary/aromatic N) is 4. The van der Waals surface area contributed by atoms with Crippen LogP contribution in [-0.2, 0) is 10.0 Å². The molecule has 9 nitrogen and oxygen atoms in total. The first-order valence-electron chi connectivity index (χ1n) is 8.44. The summed E-state index contributed by atoms with van der Waals surface area (Å²) in [7, 11) is -3.80. The average Bonchev–Trinajstić information content (AvgIpc) is 3.39. The quantitative estimate of drug-likeness (QED) is 0.404. The van der Waals surface area contributed by atoms with E-state index in [0.29, 0.717) is 17.3 Å². The lowest BCUT2D eigenvalue weighted by Crippen LogP contribution is -2.12. The van der Waals surface area contributed by atoms with Crippen molar-refractivity contribution in [3.8, 4) is 11.4 Å². The summed E-state index contributed by atoms with van der Waals surface area (Å²) in [6.07, 6.45) is 0. The molecule has 0 unspecified atom stereocenters. The van der Waals surface area contributed by atoms with Crippen LogP contribution in [-0.4, -0.2) is 34.0 Å². The molecule has 0 aliphatic heterocycles. The molecule has 0 bridgehead atoms. The van der Waals surface area contributed by atoms with Gasteiger partial charge in [-0.25, -0.2) is 23.6 Å². The van der Waals surface area contributed by atoms with E-state index >= 15 is 0 Å². The van der Waals surface area contributed by atoms with E-state index in [1.54, 1.807) is 23.5 Å². The van der Waals surface area contributed by atoms with Gasteiger partial charge in [0, 0.05) is 26.7 Å². The highest BCUT2D eigenvalue weighted by molar-refractivity contribution is 7.89. The summed E-state index contributed by atoms with van der Waals surface area (Å²) in [6, 6.07) is 14.1. The molecule has 4 N–H and O–H groups in total. The molecule has 0 saturated heterocycles. The number of nitrogens with one attached hydrogen (secondary N) is 2. The Morgan fingerprint density at radius 1 is 1.07 bits per heavy atom. The van der Waals surface area contributed by atoms with E-state index in [1.165, 1.54) is 12.1 Å². The third-order valence-corrected chi connectivity index (χ3v) is 6.30. The Hall–Kier alpha value is -3.41. The number of fused-ring (bicyclic) bond motifs is 3. The summed E-state index contributed by atoms with van der Waals surface area (Å²) in [6.45, 7) is 0. The largest absolute Gasteiger partial charge is 0.340 e. The van der Waals surface area contributed by atoms with Crippen LogP contribution in [0.5, 0.6) is 0 Å². The first-order chi connectivity index (χ1) is 14.0. The number of rotatable bonds is 4. The number of sulfonamides is 1. The zero-order valence-corrected chi connectivity index (χ0v) is 16.3. The average molecular weight is 423 g/mol. The molecule has 0 spiro atoms. The lowest BCUT2D eigenvalue weighted by molar-refractivity contribution is 0.598. The van der Waals surface area contributed by atoms with Gasteiger partial charge in [-0.15, -0.1) is 16.4 Å². The van der Waals surface area contributed by atoms with Gasteiger partial charge in [0.25, 0.3) is 0 Å². The predicted octanol–water partition coefficient (Wildman–Crippen LogP) is 3.02. The van der Waals surface area contributed by atoms with Crippen molar-refractivity contribution >= 4 is 53.9 Å². The van der Waals surface area contributed by atoms with Crippen molar-refractivity contribution in [2.75, 3.05) is 5.32 Å². The number of thiophene rings is 1. The number of primary sulfonamides is 1. The molecule has 11 heteroatoms. The molecular formula is C18H13N7O2S2. The molecule has 0 amide bonds. The second-order valence-electron chi connectivity index (χ2n) is 6.30. The SMILES string of the molecule is NS(=O)(=O)c1cccc(Nc2nc3cc(-c4nnn[nH]4)ccc3c3sccc23)c1. The van der Waals surface area contributed by atoms with Gasteiger partial charge in [0.1, 0.15) is 5.82 Å².